The second-order valence-corrected chi connectivity index (χ2v) is 6.62. The molecule has 0 atom stereocenters. The second-order valence-electron chi connectivity index (χ2n) is 6.62. The Morgan fingerprint density at radius 3 is 2.00 bits per heavy atom. The third-order valence-corrected chi connectivity index (χ3v) is 4.01. The molecule has 0 saturated heterocycles. The van der Waals surface area contributed by atoms with Gasteiger partial charge in [-0.05, 0) is 12.8 Å². The number of carbonyl (C=O) groups is 2. The summed E-state index contributed by atoms with van der Waals surface area (Å²) < 4.78 is 0. The number of hydrogen-bond acceptors (Lipinski definition) is 4. The van der Waals surface area contributed by atoms with Crippen LogP contribution in [0.5, 0.6) is 0 Å². The van der Waals surface area contributed by atoms with E-state index < -0.39 is 5.97 Å². The fourth-order valence-corrected chi connectivity index (χ4v) is 2.49. The summed E-state index contributed by atoms with van der Waals surface area (Å²) in [4.78, 5) is 27.9. The minimum Gasteiger partial charge on any atom is -0.366 e. The number of hydrazone groups is 1. The maximum Gasteiger partial charge on any atom is 0.329 e. The summed E-state index contributed by atoms with van der Waals surface area (Å²) in [6.07, 6.45) is 13.0. The Labute approximate surface area is 158 Å². The van der Waals surface area contributed by atoms with Crippen LogP contribution in [0.4, 0.5) is 0 Å². The zero-order valence-electron chi connectivity index (χ0n) is 16.9. The first-order valence-corrected chi connectivity index (χ1v) is 10.1. The molecule has 0 aromatic carbocycles. The molecule has 0 aliphatic rings. The van der Waals surface area contributed by atoms with Gasteiger partial charge < -0.3 is 10.6 Å². The monoisotopic (exact) mass is 370 g/mol. The summed E-state index contributed by atoms with van der Waals surface area (Å²) in [5, 5.41) is 5.04. The van der Waals surface area contributed by atoms with Crippen molar-refractivity contribution in [3.63, 3.8) is 0 Å². The van der Waals surface area contributed by atoms with Crippen molar-refractivity contribution in [1.82, 2.24) is 10.5 Å². The van der Waals surface area contributed by atoms with E-state index in [-0.39, 0.29) is 11.9 Å². The molecule has 0 heterocycles. The van der Waals surface area contributed by atoms with Crippen molar-refractivity contribution in [2.24, 2.45) is 10.8 Å². The lowest BCUT2D eigenvalue weighted by Crippen LogP contribution is -2.41. The predicted octanol–water partition coefficient (Wildman–Crippen LogP) is 3.83. The van der Waals surface area contributed by atoms with Crippen LogP contribution in [0.25, 0.3) is 0 Å². The third kappa shape index (κ3) is 14.5. The van der Waals surface area contributed by atoms with E-state index in [0.29, 0.717) is 13.0 Å². The van der Waals surface area contributed by atoms with Crippen molar-refractivity contribution < 1.29 is 14.4 Å². The van der Waals surface area contributed by atoms with E-state index in [4.69, 9.17) is 10.6 Å². The van der Waals surface area contributed by atoms with Gasteiger partial charge in [-0.15, -0.1) is 5.10 Å². The number of amides is 1. The molecule has 0 unspecified atom stereocenters. The lowest BCUT2D eigenvalue weighted by atomic mass is 10.1. The van der Waals surface area contributed by atoms with Crippen molar-refractivity contribution in [2.75, 3.05) is 6.54 Å². The fourth-order valence-electron chi connectivity index (χ4n) is 2.49. The highest BCUT2D eigenvalue weighted by atomic mass is 16.7. The molecule has 1 amide bonds. The number of unbranched alkanes of at least 4 members (excludes halogenated alkanes) is 9. The molecular weight excluding hydrogens is 332 g/mol. The average molecular weight is 371 g/mol. The van der Waals surface area contributed by atoms with Gasteiger partial charge in [-0.25, -0.2) is 5.43 Å². The summed E-state index contributed by atoms with van der Waals surface area (Å²) in [6.45, 7) is 5.99. The van der Waals surface area contributed by atoms with Crippen molar-refractivity contribution >= 4 is 17.8 Å². The largest absolute Gasteiger partial charge is 0.366 e. The van der Waals surface area contributed by atoms with Gasteiger partial charge in [-0.2, -0.15) is 5.06 Å². The van der Waals surface area contributed by atoms with Gasteiger partial charge in [-0.3, -0.25) is 9.59 Å². The molecule has 0 rings (SSSR count). The zero-order valence-corrected chi connectivity index (χ0v) is 16.9. The van der Waals surface area contributed by atoms with Crippen LogP contribution in [0.3, 0.4) is 0 Å². The number of nitrogens with zero attached hydrogens (tertiary/aromatic N) is 2. The Balaban J connectivity index is 3.91. The first-order chi connectivity index (χ1) is 12.5. The van der Waals surface area contributed by atoms with Gasteiger partial charge in [0.2, 0.25) is 11.9 Å². The van der Waals surface area contributed by atoms with Crippen LogP contribution in [-0.4, -0.2) is 29.4 Å². The van der Waals surface area contributed by atoms with Crippen LogP contribution >= 0.6 is 0 Å². The molecule has 0 aliphatic heterocycles. The van der Waals surface area contributed by atoms with Crippen LogP contribution < -0.4 is 11.2 Å². The van der Waals surface area contributed by atoms with Gasteiger partial charge >= 0.3 is 5.97 Å². The van der Waals surface area contributed by atoms with E-state index >= 15 is 0 Å². The summed E-state index contributed by atoms with van der Waals surface area (Å²) >= 11 is 0. The van der Waals surface area contributed by atoms with E-state index in [2.05, 4.69) is 17.5 Å². The van der Waals surface area contributed by atoms with Crippen molar-refractivity contribution in [2.45, 2.75) is 97.8 Å². The summed E-state index contributed by atoms with van der Waals surface area (Å²) in [6, 6.07) is 0. The van der Waals surface area contributed by atoms with Gasteiger partial charge in [-0.1, -0.05) is 71.6 Å². The topological polar surface area (TPSA) is 97.0 Å². The summed E-state index contributed by atoms with van der Waals surface area (Å²) in [5.74, 6) is -0.663. The highest BCUT2D eigenvalue weighted by Gasteiger charge is 2.12. The molecule has 0 aromatic heterocycles. The third-order valence-electron chi connectivity index (χ3n) is 4.01. The van der Waals surface area contributed by atoms with Gasteiger partial charge in [0.1, 0.15) is 0 Å². The predicted molar refractivity (Wildman–Crippen MR) is 105 cm³/mol. The number of hydroxylamine groups is 2. The first-order valence-electron chi connectivity index (χ1n) is 10.1. The van der Waals surface area contributed by atoms with Crippen LogP contribution in [-0.2, 0) is 14.4 Å². The Morgan fingerprint density at radius 2 is 1.46 bits per heavy atom. The zero-order chi connectivity index (χ0) is 19.6. The van der Waals surface area contributed by atoms with E-state index in [0.717, 1.165) is 25.7 Å². The molecular formula is C19H38N4O3. The van der Waals surface area contributed by atoms with E-state index in [1.54, 1.807) is 0 Å². The molecule has 0 radical (unpaired) electrons. The fraction of sp³-hybridized carbons (Fsp3) is 0.842. The lowest BCUT2D eigenvalue weighted by molar-refractivity contribution is -0.170. The van der Waals surface area contributed by atoms with E-state index in [1.165, 1.54) is 56.9 Å². The highest BCUT2D eigenvalue weighted by molar-refractivity contribution is 5.82. The lowest BCUT2D eigenvalue weighted by Gasteiger charge is -2.20. The number of nitrogens with two attached hydrogens (primary N) is 1. The standard InChI is InChI=1S/C19H38N4O3/c1-4-6-8-9-10-11-12-13-14-15-18(25)21-22-19(20)23(16-7-5-2)26-17(3)24/h4-16H2,1-3H3,(H2,20,22)(H,21,25). The number of carbonyl (C=O) groups excluding carboxylic acids is 2. The molecule has 152 valence electrons. The summed E-state index contributed by atoms with van der Waals surface area (Å²) in [5.41, 5.74) is 8.21. The SMILES string of the molecule is CCCCCCCCCCCC(=O)NN=C(N)N(CCCC)OC(C)=O. The highest BCUT2D eigenvalue weighted by Crippen LogP contribution is 2.10. The van der Waals surface area contributed by atoms with Gasteiger partial charge in [0.15, 0.2) is 0 Å². The quantitative estimate of drug-likeness (QED) is 0.210. The van der Waals surface area contributed by atoms with Crippen LogP contribution in [0.2, 0.25) is 0 Å². The Bertz CT molecular complexity index is 414. The first kappa shape index (κ1) is 24.2. The smallest absolute Gasteiger partial charge is 0.329 e. The van der Waals surface area contributed by atoms with Crippen molar-refractivity contribution in [3.05, 3.63) is 0 Å². The minimum absolute atomic E-state index is 0.0194. The molecule has 7 nitrogen and oxygen atoms in total. The number of guanidine groups is 1. The van der Waals surface area contributed by atoms with E-state index in [1.807, 2.05) is 6.92 Å². The Kier molecular flexibility index (Phi) is 15.5. The molecule has 7 heteroatoms. The summed E-state index contributed by atoms with van der Waals surface area (Å²) in [7, 11) is 0. The molecule has 26 heavy (non-hydrogen) atoms. The molecule has 0 saturated carbocycles. The van der Waals surface area contributed by atoms with Crippen LogP contribution in [0.15, 0.2) is 5.10 Å². The maximum atomic E-state index is 11.8. The number of rotatable bonds is 14. The van der Waals surface area contributed by atoms with Gasteiger partial charge in [0.05, 0.1) is 6.54 Å². The minimum atomic E-state index is -0.472. The molecule has 0 bridgehead atoms. The van der Waals surface area contributed by atoms with Gasteiger partial charge in [0.25, 0.3) is 0 Å². The Morgan fingerprint density at radius 1 is 0.923 bits per heavy atom. The maximum absolute atomic E-state index is 11.8. The Hall–Kier alpha value is -1.79. The normalized spacial score (nSPS) is 11.3. The second kappa shape index (κ2) is 16.7. The molecule has 3 N–H and O–H groups in total. The number of nitrogens with one attached hydrogen (secondary N) is 1. The average Bonchev–Trinajstić information content (AvgIpc) is 2.61. The molecule has 0 fully saturated rings. The van der Waals surface area contributed by atoms with Crippen LogP contribution in [0, 0.1) is 0 Å². The van der Waals surface area contributed by atoms with Crippen LogP contribution in [0.1, 0.15) is 97.8 Å². The van der Waals surface area contributed by atoms with Crippen molar-refractivity contribution in [1.29, 1.82) is 0 Å². The van der Waals surface area contributed by atoms with Gasteiger partial charge in [0, 0.05) is 13.3 Å². The molecule has 0 spiro atoms. The molecule has 0 aromatic rings. The molecule has 0 aliphatic carbocycles. The van der Waals surface area contributed by atoms with Crippen molar-refractivity contribution in [3.8, 4) is 0 Å². The number of hydrogen-bond donors (Lipinski definition) is 2. The van der Waals surface area contributed by atoms with E-state index in [9.17, 15) is 9.59 Å².